The van der Waals surface area contributed by atoms with Gasteiger partial charge in [0.15, 0.2) is 6.61 Å². The van der Waals surface area contributed by atoms with Crippen molar-refractivity contribution in [3.05, 3.63) is 79.6 Å². The molecule has 0 radical (unpaired) electrons. The standard InChI is InChI=1S/C21H15Br3O3/c1-13-9-16(22)11-18(24)21(13)27-20(25)12-26-19-8-7-15(10-17(19)23)14-5-3-2-4-6-14/h2-11H,12H2,1H3. The molecule has 0 amide bonds. The van der Waals surface area contributed by atoms with Gasteiger partial charge < -0.3 is 9.47 Å². The Morgan fingerprint density at radius 2 is 1.63 bits per heavy atom. The highest BCUT2D eigenvalue weighted by atomic mass is 79.9. The molecular weight excluding hydrogens is 540 g/mol. The molecule has 3 nitrogen and oxygen atoms in total. The molecule has 0 atom stereocenters. The average molecular weight is 555 g/mol. The Balaban J connectivity index is 1.66. The first-order valence-corrected chi connectivity index (χ1v) is 10.5. The van der Waals surface area contributed by atoms with Gasteiger partial charge in [0.1, 0.15) is 11.5 Å². The van der Waals surface area contributed by atoms with Gasteiger partial charge in [-0.2, -0.15) is 0 Å². The van der Waals surface area contributed by atoms with E-state index in [1.807, 2.05) is 67.6 Å². The number of carbonyl (C=O) groups excluding carboxylic acids is 1. The van der Waals surface area contributed by atoms with E-state index in [9.17, 15) is 4.79 Å². The summed E-state index contributed by atoms with van der Waals surface area (Å²) < 4.78 is 13.4. The Morgan fingerprint density at radius 3 is 2.30 bits per heavy atom. The van der Waals surface area contributed by atoms with Crippen LogP contribution in [0.4, 0.5) is 0 Å². The molecule has 3 aromatic rings. The topological polar surface area (TPSA) is 35.5 Å². The van der Waals surface area contributed by atoms with Crippen LogP contribution in [-0.4, -0.2) is 12.6 Å². The molecule has 0 spiro atoms. The summed E-state index contributed by atoms with van der Waals surface area (Å²) in [6.45, 7) is 1.68. The van der Waals surface area contributed by atoms with Crippen LogP contribution in [0.15, 0.2) is 74.1 Å². The van der Waals surface area contributed by atoms with E-state index in [1.54, 1.807) is 0 Å². The van der Waals surface area contributed by atoms with Gasteiger partial charge in [-0.25, -0.2) is 4.79 Å². The van der Waals surface area contributed by atoms with Gasteiger partial charge in [-0.3, -0.25) is 0 Å². The summed E-state index contributed by atoms with van der Waals surface area (Å²) in [6, 6.07) is 19.5. The maximum Gasteiger partial charge on any atom is 0.349 e. The lowest BCUT2D eigenvalue weighted by atomic mass is 10.1. The third-order valence-electron chi connectivity index (χ3n) is 3.79. The fourth-order valence-corrected chi connectivity index (χ4v) is 4.54. The van der Waals surface area contributed by atoms with Crippen LogP contribution in [0.3, 0.4) is 0 Å². The number of rotatable bonds is 5. The quantitative estimate of drug-likeness (QED) is 0.253. The Kier molecular flexibility index (Phi) is 6.73. The third-order valence-corrected chi connectivity index (χ3v) is 5.46. The maximum atomic E-state index is 12.2. The molecule has 0 aliphatic carbocycles. The highest BCUT2D eigenvalue weighted by Gasteiger charge is 2.14. The van der Waals surface area contributed by atoms with Crippen molar-refractivity contribution in [2.45, 2.75) is 6.92 Å². The summed E-state index contributed by atoms with van der Waals surface area (Å²) in [6.07, 6.45) is 0. The van der Waals surface area contributed by atoms with Gasteiger partial charge >= 0.3 is 5.97 Å². The number of ether oxygens (including phenoxy) is 2. The minimum atomic E-state index is -0.472. The van der Waals surface area contributed by atoms with Crippen molar-refractivity contribution in [1.82, 2.24) is 0 Å². The molecule has 0 aliphatic rings. The van der Waals surface area contributed by atoms with Crippen LogP contribution in [0.1, 0.15) is 5.56 Å². The van der Waals surface area contributed by atoms with Crippen molar-refractivity contribution in [2.24, 2.45) is 0 Å². The van der Waals surface area contributed by atoms with Gasteiger partial charge in [-0.1, -0.05) is 52.3 Å². The van der Waals surface area contributed by atoms with E-state index in [1.165, 1.54) is 0 Å². The van der Waals surface area contributed by atoms with E-state index in [2.05, 4.69) is 47.8 Å². The minimum absolute atomic E-state index is 0.189. The molecule has 0 unspecified atom stereocenters. The van der Waals surface area contributed by atoms with Gasteiger partial charge in [0.2, 0.25) is 0 Å². The zero-order chi connectivity index (χ0) is 19.4. The molecule has 0 aromatic heterocycles. The van der Waals surface area contributed by atoms with E-state index in [0.29, 0.717) is 16.0 Å². The van der Waals surface area contributed by atoms with Crippen LogP contribution in [0.25, 0.3) is 11.1 Å². The summed E-state index contributed by atoms with van der Waals surface area (Å²) in [5.41, 5.74) is 3.02. The van der Waals surface area contributed by atoms with Crippen LogP contribution in [0, 0.1) is 6.92 Å². The minimum Gasteiger partial charge on any atom is -0.481 e. The van der Waals surface area contributed by atoms with Crippen molar-refractivity contribution in [1.29, 1.82) is 0 Å². The molecule has 3 rings (SSSR count). The summed E-state index contributed by atoms with van der Waals surface area (Å²) in [5.74, 6) is 0.601. The van der Waals surface area contributed by atoms with Gasteiger partial charge in [-0.15, -0.1) is 0 Å². The lowest BCUT2D eigenvalue weighted by Crippen LogP contribution is -2.18. The Labute approximate surface area is 183 Å². The molecule has 0 saturated carbocycles. The zero-order valence-corrected chi connectivity index (χ0v) is 19.1. The van der Waals surface area contributed by atoms with Crippen molar-refractivity contribution < 1.29 is 14.3 Å². The van der Waals surface area contributed by atoms with Crippen LogP contribution in [0.5, 0.6) is 11.5 Å². The Bertz CT molecular complexity index is 949. The average Bonchev–Trinajstić information content (AvgIpc) is 2.64. The monoisotopic (exact) mass is 552 g/mol. The molecule has 6 heteroatoms. The lowest BCUT2D eigenvalue weighted by Gasteiger charge is -2.12. The molecule has 0 heterocycles. The van der Waals surface area contributed by atoms with E-state index < -0.39 is 5.97 Å². The summed E-state index contributed by atoms with van der Waals surface area (Å²) in [4.78, 5) is 12.2. The van der Waals surface area contributed by atoms with Crippen LogP contribution in [-0.2, 0) is 4.79 Å². The molecule has 0 N–H and O–H groups in total. The predicted molar refractivity (Wildman–Crippen MR) is 117 cm³/mol. The first kappa shape index (κ1) is 20.1. The van der Waals surface area contributed by atoms with Crippen molar-refractivity contribution >= 4 is 53.8 Å². The molecule has 3 aromatic carbocycles. The van der Waals surface area contributed by atoms with Crippen LogP contribution >= 0.6 is 47.8 Å². The first-order valence-electron chi connectivity index (χ1n) is 8.08. The summed E-state index contributed by atoms with van der Waals surface area (Å²) >= 11 is 10.3. The van der Waals surface area contributed by atoms with Crippen LogP contribution in [0.2, 0.25) is 0 Å². The van der Waals surface area contributed by atoms with Crippen molar-refractivity contribution in [3.63, 3.8) is 0 Å². The first-order chi connectivity index (χ1) is 12.9. The van der Waals surface area contributed by atoms with Crippen molar-refractivity contribution in [2.75, 3.05) is 6.61 Å². The number of halogens is 3. The number of aryl methyl sites for hydroxylation is 1. The Morgan fingerprint density at radius 1 is 0.889 bits per heavy atom. The fraction of sp³-hybridized carbons (Fsp3) is 0.0952. The molecule has 27 heavy (non-hydrogen) atoms. The molecule has 0 fully saturated rings. The molecule has 0 bridgehead atoms. The maximum absolute atomic E-state index is 12.2. The number of benzene rings is 3. The summed E-state index contributed by atoms with van der Waals surface area (Å²) in [7, 11) is 0. The highest BCUT2D eigenvalue weighted by Crippen LogP contribution is 2.33. The molecule has 138 valence electrons. The zero-order valence-electron chi connectivity index (χ0n) is 14.3. The van der Waals surface area contributed by atoms with Gasteiger partial charge in [0.25, 0.3) is 0 Å². The number of carbonyl (C=O) groups is 1. The molecule has 0 saturated heterocycles. The Hall–Kier alpha value is -1.63. The van der Waals surface area contributed by atoms with Crippen LogP contribution < -0.4 is 9.47 Å². The van der Waals surface area contributed by atoms with E-state index in [-0.39, 0.29) is 6.61 Å². The van der Waals surface area contributed by atoms with E-state index in [4.69, 9.17) is 9.47 Å². The largest absolute Gasteiger partial charge is 0.481 e. The van der Waals surface area contributed by atoms with Gasteiger partial charge in [0.05, 0.1) is 8.95 Å². The lowest BCUT2D eigenvalue weighted by molar-refractivity contribution is -0.136. The highest BCUT2D eigenvalue weighted by molar-refractivity contribution is 9.11. The second-order valence-corrected chi connectivity index (χ2v) is 8.43. The number of hydrogen-bond donors (Lipinski definition) is 0. The normalized spacial score (nSPS) is 10.5. The second-order valence-electron chi connectivity index (χ2n) is 5.81. The smallest absolute Gasteiger partial charge is 0.349 e. The van der Waals surface area contributed by atoms with Gasteiger partial charge in [-0.05, 0) is 79.7 Å². The van der Waals surface area contributed by atoms with E-state index in [0.717, 1.165) is 25.6 Å². The third kappa shape index (κ3) is 5.21. The van der Waals surface area contributed by atoms with Gasteiger partial charge in [0, 0.05) is 4.47 Å². The predicted octanol–water partition coefficient (Wildman–Crippen LogP) is 6.93. The molecule has 0 aliphatic heterocycles. The van der Waals surface area contributed by atoms with E-state index >= 15 is 0 Å². The SMILES string of the molecule is Cc1cc(Br)cc(Br)c1OC(=O)COc1ccc(-c2ccccc2)cc1Br. The second kappa shape index (κ2) is 9.04. The number of hydrogen-bond acceptors (Lipinski definition) is 3. The molecular formula is C21H15Br3O3. The fourth-order valence-electron chi connectivity index (χ4n) is 2.53. The van der Waals surface area contributed by atoms with Crippen molar-refractivity contribution in [3.8, 4) is 22.6 Å². The number of esters is 1. The summed E-state index contributed by atoms with van der Waals surface area (Å²) in [5, 5.41) is 0.